The van der Waals surface area contributed by atoms with Crippen LogP contribution >= 0.6 is 0 Å². The zero-order chi connectivity index (χ0) is 36.5. The maximum absolute atomic E-state index is 4.86. The van der Waals surface area contributed by atoms with Crippen molar-refractivity contribution < 1.29 is 0 Å². The van der Waals surface area contributed by atoms with E-state index in [0.717, 1.165) is 22.6 Å². The van der Waals surface area contributed by atoms with Crippen molar-refractivity contribution >= 4 is 61.2 Å². The highest BCUT2D eigenvalue weighted by molar-refractivity contribution is 6.09. The molecule has 0 saturated heterocycles. The topological polar surface area (TPSA) is 6.48 Å². The number of anilines is 6. The van der Waals surface area contributed by atoms with Crippen LogP contribution in [0.2, 0.25) is 0 Å². The highest BCUT2D eigenvalue weighted by Crippen LogP contribution is 2.65. The molecule has 0 aliphatic carbocycles. The van der Waals surface area contributed by atoms with Crippen LogP contribution in [-0.4, -0.2) is 0 Å². The highest BCUT2D eigenvalue weighted by atomic mass is 15.2. The lowest BCUT2D eigenvalue weighted by molar-refractivity contribution is 0.596. The third-order valence-electron chi connectivity index (χ3n) is 12.7. The standard InChI is InChI=1S/C52H40N2/c1-32-38-20-12-22-43-48(38)54-49-42(32)30-37(31-46(49)52(4,5)45-24-13-23-44(50(45)54)51(43,2)3)53(47-25-11-17-34-15-7-9-19-41(34)47)36-28-26-35(27-29-36)40-21-10-16-33-14-6-8-18-39(33)40/h6-31H,1H2,2-5H3. The quantitative estimate of drug-likeness (QED) is 0.181. The van der Waals surface area contributed by atoms with Crippen LogP contribution in [-0.2, 0) is 10.8 Å². The second kappa shape index (κ2) is 10.8. The molecule has 8 aromatic carbocycles. The summed E-state index contributed by atoms with van der Waals surface area (Å²) in [5, 5.41) is 4.95. The first-order chi connectivity index (χ1) is 26.2. The zero-order valence-electron chi connectivity index (χ0n) is 31.1. The van der Waals surface area contributed by atoms with Gasteiger partial charge < -0.3 is 9.80 Å². The van der Waals surface area contributed by atoms with Crippen molar-refractivity contribution in [1.29, 1.82) is 0 Å². The normalized spacial score (nSPS) is 15.3. The van der Waals surface area contributed by atoms with Crippen molar-refractivity contribution in [3.8, 4) is 11.1 Å². The Balaban J connectivity index is 1.17. The van der Waals surface area contributed by atoms with Gasteiger partial charge in [0.1, 0.15) is 0 Å². The van der Waals surface area contributed by atoms with Gasteiger partial charge >= 0.3 is 0 Å². The molecule has 2 heteroatoms. The Morgan fingerprint density at radius 1 is 0.444 bits per heavy atom. The fourth-order valence-electron chi connectivity index (χ4n) is 9.89. The number of hydrogen-bond acceptors (Lipinski definition) is 2. The maximum atomic E-state index is 4.86. The molecule has 0 bridgehead atoms. The van der Waals surface area contributed by atoms with Gasteiger partial charge in [-0.25, -0.2) is 0 Å². The lowest BCUT2D eigenvalue weighted by Gasteiger charge is -2.52. The number of nitrogens with zero attached hydrogens (tertiary/aromatic N) is 2. The van der Waals surface area contributed by atoms with Crippen LogP contribution in [0.3, 0.4) is 0 Å². The van der Waals surface area contributed by atoms with Crippen molar-refractivity contribution in [2.24, 2.45) is 0 Å². The van der Waals surface area contributed by atoms with E-state index in [1.807, 2.05) is 0 Å². The number of benzene rings is 8. The summed E-state index contributed by atoms with van der Waals surface area (Å²) < 4.78 is 0. The summed E-state index contributed by atoms with van der Waals surface area (Å²) in [4.78, 5) is 5.06. The van der Waals surface area contributed by atoms with Crippen molar-refractivity contribution in [3.05, 3.63) is 198 Å². The molecule has 0 saturated carbocycles. The van der Waals surface area contributed by atoms with Crippen LogP contribution in [0.1, 0.15) is 61.1 Å². The van der Waals surface area contributed by atoms with Gasteiger partial charge in [-0.1, -0.05) is 162 Å². The van der Waals surface area contributed by atoms with Gasteiger partial charge in [0.05, 0.1) is 22.7 Å². The van der Waals surface area contributed by atoms with Gasteiger partial charge in [0.15, 0.2) is 0 Å². The summed E-state index contributed by atoms with van der Waals surface area (Å²) in [5.41, 5.74) is 18.3. The first-order valence-electron chi connectivity index (χ1n) is 19.1. The lowest BCUT2D eigenvalue weighted by atomic mass is 9.64. The maximum Gasteiger partial charge on any atom is 0.0583 e. The molecule has 0 amide bonds. The van der Waals surface area contributed by atoms with Crippen molar-refractivity contribution in [2.45, 2.75) is 38.5 Å². The first-order valence-corrected chi connectivity index (χ1v) is 19.1. The van der Waals surface area contributed by atoms with Crippen LogP contribution < -0.4 is 9.80 Å². The van der Waals surface area contributed by atoms with Gasteiger partial charge in [0.25, 0.3) is 0 Å². The number of rotatable bonds is 4. The van der Waals surface area contributed by atoms with Crippen molar-refractivity contribution in [3.63, 3.8) is 0 Å². The average Bonchev–Trinajstić information content (AvgIpc) is 3.20. The molecule has 3 aliphatic rings. The predicted octanol–water partition coefficient (Wildman–Crippen LogP) is 14.3. The molecule has 0 spiro atoms. The monoisotopic (exact) mass is 692 g/mol. The number of hydrogen-bond donors (Lipinski definition) is 0. The molecular formula is C52H40N2. The Morgan fingerprint density at radius 2 is 0.981 bits per heavy atom. The molecular weight excluding hydrogens is 653 g/mol. The van der Waals surface area contributed by atoms with E-state index in [1.54, 1.807) is 0 Å². The minimum absolute atomic E-state index is 0.137. The van der Waals surface area contributed by atoms with Crippen molar-refractivity contribution in [1.82, 2.24) is 0 Å². The molecule has 0 N–H and O–H groups in total. The molecule has 0 radical (unpaired) electrons. The second-order valence-electron chi connectivity index (χ2n) is 16.3. The van der Waals surface area contributed by atoms with E-state index in [-0.39, 0.29) is 10.8 Å². The Hall–Kier alpha value is -6.38. The van der Waals surface area contributed by atoms with E-state index in [9.17, 15) is 0 Å². The zero-order valence-corrected chi connectivity index (χ0v) is 31.1. The predicted molar refractivity (Wildman–Crippen MR) is 229 cm³/mol. The summed E-state index contributed by atoms with van der Waals surface area (Å²) in [6, 6.07) is 58.4. The molecule has 0 aromatic heterocycles. The van der Waals surface area contributed by atoms with Crippen LogP contribution in [0, 0.1) is 0 Å². The largest absolute Gasteiger partial charge is 0.310 e. The van der Waals surface area contributed by atoms with E-state index in [0.29, 0.717) is 0 Å². The third kappa shape index (κ3) is 4.06. The van der Waals surface area contributed by atoms with E-state index < -0.39 is 0 Å². The first kappa shape index (κ1) is 31.2. The second-order valence-corrected chi connectivity index (χ2v) is 16.3. The molecule has 258 valence electrons. The fraction of sp³-hybridized carbons (Fsp3) is 0.115. The molecule has 11 rings (SSSR count). The summed E-state index contributed by atoms with van der Waals surface area (Å²) in [6.45, 7) is 14.4. The Morgan fingerprint density at radius 3 is 1.72 bits per heavy atom. The average molecular weight is 693 g/mol. The van der Waals surface area contributed by atoms with Gasteiger partial charge in [-0.2, -0.15) is 0 Å². The van der Waals surface area contributed by atoms with Crippen LogP contribution in [0.25, 0.3) is 38.2 Å². The molecule has 0 fully saturated rings. The Labute approximate surface area is 317 Å². The number of para-hydroxylation sites is 2. The van der Waals surface area contributed by atoms with Gasteiger partial charge in [-0.15, -0.1) is 0 Å². The van der Waals surface area contributed by atoms with Gasteiger partial charge in [-0.05, 0) is 85.4 Å². The molecule has 3 heterocycles. The smallest absolute Gasteiger partial charge is 0.0583 e. The molecule has 0 atom stereocenters. The minimum Gasteiger partial charge on any atom is -0.310 e. The lowest BCUT2D eigenvalue weighted by Crippen LogP contribution is -2.40. The molecule has 2 nitrogen and oxygen atoms in total. The van der Waals surface area contributed by atoms with Gasteiger partial charge in [-0.3, -0.25) is 0 Å². The molecule has 54 heavy (non-hydrogen) atoms. The Bertz CT molecular complexity index is 2900. The molecule has 3 aliphatic heterocycles. The Kier molecular flexibility index (Phi) is 6.26. The SMILES string of the molecule is C=C1c2cccc3c2N2c4c1cc(N(c1ccc(-c5cccc6ccccc56)cc1)c1cccc5ccccc15)cc4C(C)(C)c1cccc(c12)C3(C)C. The van der Waals surface area contributed by atoms with Gasteiger partial charge in [0.2, 0.25) is 0 Å². The van der Waals surface area contributed by atoms with E-state index in [4.69, 9.17) is 6.58 Å². The van der Waals surface area contributed by atoms with E-state index in [2.05, 4.69) is 195 Å². The van der Waals surface area contributed by atoms with Crippen LogP contribution in [0.4, 0.5) is 34.1 Å². The third-order valence-corrected chi connectivity index (χ3v) is 12.7. The molecule has 8 aromatic rings. The minimum atomic E-state index is -0.259. The fourth-order valence-corrected chi connectivity index (χ4v) is 9.89. The van der Waals surface area contributed by atoms with E-state index >= 15 is 0 Å². The number of fused-ring (bicyclic) bond motifs is 2. The summed E-state index contributed by atoms with van der Waals surface area (Å²) >= 11 is 0. The molecule has 0 unspecified atom stereocenters. The van der Waals surface area contributed by atoms with Crippen LogP contribution in [0.5, 0.6) is 0 Å². The summed E-state index contributed by atoms with van der Waals surface area (Å²) in [7, 11) is 0. The van der Waals surface area contributed by atoms with Gasteiger partial charge in [0, 0.05) is 38.7 Å². The van der Waals surface area contributed by atoms with E-state index in [1.165, 1.54) is 83.1 Å². The van der Waals surface area contributed by atoms with Crippen molar-refractivity contribution in [2.75, 3.05) is 9.80 Å². The highest BCUT2D eigenvalue weighted by Gasteiger charge is 2.49. The van der Waals surface area contributed by atoms with Crippen LogP contribution in [0.15, 0.2) is 164 Å². The summed E-state index contributed by atoms with van der Waals surface area (Å²) in [5.74, 6) is 0. The summed E-state index contributed by atoms with van der Waals surface area (Å²) in [6.07, 6.45) is 0.